The molecule has 0 unspecified atom stereocenters. The third-order valence-electron chi connectivity index (χ3n) is 1.18. The molecule has 11 heavy (non-hydrogen) atoms. The van der Waals surface area contributed by atoms with Gasteiger partial charge in [0.05, 0.1) is 11.6 Å². The van der Waals surface area contributed by atoms with Crippen LogP contribution < -0.4 is 0 Å². The van der Waals surface area contributed by atoms with Crippen LogP contribution in [0, 0.1) is 11.2 Å². The smallest absolute Gasteiger partial charge is 0.150 e. The minimum absolute atomic E-state index is 0.00441. The predicted octanol–water partition coefficient (Wildman–Crippen LogP) is 1.83. The highest BCUT2D eigenvalue weighted by atomic mass is 35.5. The lowest BCUT2D eigenvalue weighted by Crippen LogP contribution is -2.05. The topological polar surface area (TPSA) is 36.7 Å². The Bertz CT molecular complexity index is 275. The lowest BCUT2D eigenvalue weighted by atomic mass is 10.2. The van der Waals surface area contributed by atoms with Crippen molar-refractivity contribution in [2.75, 3.05) is 5.88 Å². The summed E-state index contributed by atoms with van der Waals surface area (Å²) in [7, 11) is 0. The fourth-order valence-electron chi connectivity index (χ4n) is 0.671. The largest absolute Gasteiger partial charge is 0.302 e. The highest BCUT2D eigenvalue weighted by Crippen LogP contribution is 2.03. The van der Waals surface area contributed by atoms with Crippen molar-refractivity contribution in [1.82, 2.24) is 4.98 Å². The van der Waals surface area contributed by atoms with Gasteiger partial charge in [-0.25, -0.2) is 4.39 Å². The van der Waals surface area contributed by atoms with E-state index in [0.29, 0.717) is 0 Å². The predicted molar refractivity (Wildman–Crippen MR) is 41.7 cm³/mol. The molecule has 0 aliphatic heterocycles. The van der Waals surface area contributed by atoms with Crippen LogP contribution in [-0.2, 0) is 0 Å². The molecule has 1 N–H and O–H groups in total. The van der Waals surface area contributed by atoms with Crippen LogP contribution in [0.15, 0.2) is 18.3 Å². The molecule has 1 aromatic heterocycles. The minimum atomic E-state index is -0.502. The van der Waals surface area contributed by atoms with Crippen LogP contribution >= 0.6 is 11.6 Å². The molecule has 4 heteroatoms. The average Bonchev–Trinajstić information content (AvgIpc) is 2.04. The third kappa shape index (κ3) is 1.74. The number of aromatic nitrogens is 1. The SMILES string of the molecule is N=C(CCl)c1ncccc1F. The van der Waals surface area contributed by atoms with Crippen molar-refractivity contribution in [3.05, 3.63) is 29.8 Å². The molecule has 0 amide bonds. The van der Waals surface area contributed by atoms with Crippen LogP contribution in [0.5, 0.6) is 0 Å². The van der Waals surface area contributed by atoms with Crippen molar-refractivity contribution in [2.24, 2.45) is 0 Å². The Morgan fingerprint density at radius 2 is 2.45 bits per heavy atom. The molecular weight excluding hydrogens is 167 g/mol. The highest BCUT2D eigenvalue weighted by molar-refractivity contribution is 6.30. The number of nitrogens with one attached hydrogen (secondary N) is 1. The summed E-state index contributed by atoms with van der Waals surface area (Å²) < 4.78 is 12.8. The molecule has 0 saturated heterocycles. The third-order valence-corrected chi connectivity index (χ3v) is 1.45. The molecule has 0 spiro atoms. The van der Waals surface area contributed by atoms with Crippen LogP contribution in [0.2, 0.25) is 0 Å². The summed E-state index contributed by atoms with van der Waals surface area (Å²) in [5.74, 6) is -0.522. The molecule has 1 heterocycles. The lowest BCUT2D eigenvalue weighted by molar-refractivity contribution is 0.618. The quantitative estimate of drug-likeness (QED) is 0.536. The molecule has 0 bridgehead atoms. The van der Waals surface area contributed by atoms with Gasteiger partial charge in [-0.05, 0) is 12.1 Å². The molecule has 0 saturated carbocycles. The van der Waals surface area contributed by atoms with Crippen molar-refractivity contribution in [2.45, 2.75) is 0 Å². The second-order valence-electron chi connectivity index (χ2n) is 1.95. The maximum absolute atomic E-state index is 12.8. The molecule has 0 atom stereocenters. The molecular formula is C7H6ClFN2. The van der Waals surface area contributed by atoms with Gasteiger partial charge in [0.25, 0.3) is 0 Å². The summed E-state index contributed by atoms with van der Waals surface area (Å²) in [5.41, 5.74) is 0.0345. The van der Waals surface area contributed by atoms with Crippen molar-refractivity contribution in [3.8, 4) is 0 Å². The van der Waals surface area contributed by atoms with Gasteiger partial charge in [-0.3, -0.25) is 4.98 Å². The van der Waals surface area contributed by atoms with E-state index in [1.807, 2.05) is 0 Å². The van der Waals surface area contributed by atoms with Gasteiger partial charge >= 0.3 is 0 Å². The summed E-state index contributed by atoms with van der Waals surface area (Å²) in [4.78, 5) is 3.67. The molecule has 0 aliphatic rings. The van der Waals surface area contributed by atoms with E-state index < -0.39 is 5.82 Å². The zero-order valence-corrected chi connectivity index (χ0v) is 6.40. The van der Waals surface area contributed by atoms with Gasteiger partial charge in [-0.1, -0.05) is 0 Å². The fraction of sp³-hybridized carbons (Fsp3) is 0.143. The van der Waals surface area contributed by atoms with Gasteiger partial charge in [0.15, 0.2) is 5.82 Å². The van der Waals surface area contributed by atoms with Gasteiger partial charge in [0, 0.05) is 6.20 Å². The first-order valence-corrected chi connectivity index (χ1v) is 3.53. The minimum Gasteiger partial charge on any atom is -0.302 e. The van der Waals surface area contributed by atoms with E-state index in [9.17, 15) is 4.39 Å². The van der Waals surface area contributed by atoms with Crippen LogP contribution in [0.25, 0.3) is 0 Å². The Balaban J connectivity index is 3.03. The summed E-state index contributed by atoms with van der Waals surface area (Å²) in [6.07, 6.45) is 1.43. The zero-order chi connectivity index (χ0) is 8.27. The number of alkyl halides is 1. The van der Waals surface area contributed by atoms with Gasteiger partial charge in [0.2, 0.25) is 0 Å². The Morgan fingerprint density at radius 1 is 1.73 bits per heavy atom. The Morgan fingerprint density at radius 3 is 3.00 bits per heavy atom. The van der Waals surface area contributed by atoms with Crippen LogP contribution in [0.4, 0.5) is 4.39 Å². The first-order valence-electron chi connectivity index (χ1n) is 3.00. The molecule has 58 valence electrons. The summed E-state index contributed by atoms with van der Waals surface area (Å²) in [6.45, 7) is 0. The standard InChI is InChI=1S/C7H6ClFN2/c8-4-6(10)7-5(9)2-1-3-11-7/h1-3,10H,4H2. The molecule has 0 radical (unpaired) electrons. The van der Waals surface area contributed by atoms with Gasteiger partial charge in [-0.15, -0.1) is 11.6 Å². The molecule has 0 fully saturated rings. The van der Waals surface area contributed by atoms with E-state index in [-0.39, 0.29) is 17.3 Å². The Labute approximate surface area is 68.5 Å². The van der Waals surface area contributed by atoms with Crippen molar-refractivity contribution < 1.29 is 4.39 Å². The lowest BCUT2D eigenvalue weighted by Gasteiger charge is -1.98. The number of hydrogen-bond donors (Lipinski definition) is 1. The number of rotatable bonds is 2. The first-order chi connectivity index (χ1) is 5.25. The molecule has 2 nitrogen and oxygen atoms in total. The van der Waals surface area contributed by atoms with Gasteiger partial charge in [-0.2, -0.15) is 0 Å². The maximum atomic E-state index is 12.8. The van der Waals surface area contributed by atoms with Gasteiger partial charge < -0.3 is 5.41 Å². The number of nitrogens with zero attached hydrogens (tertiary/aromatic N) is 1. The molecule has 1 rings (SSSR count). The summed E-state index contributed by atoms with van der Waals surface area (Å²) in [5, 5.41) is 7.18. The Kier molecular flexibility index (Phi) is 2.54. The number of halogens is 2. The van der Waals surface area contributed by atoms with E-state index in [2.05, 4.69) is 4.98 Å². The fourth-order valence-corrected chi connectivity index (χ4v) is 0.798. The van der Waals surface area contributed by atoms with E-state index >= 15 is 0 Å². The average molecular weight is 173 g/mol. The van der Waals surface area contributed by atoms with Gasteiger partial charge in [0.1, 0.15) is 5.69 Å². The molecule has 1 aromatic rings. The monoisotopic (exact) mass is 172 g/mol. The van der Waals surface area contributed by atoms with E-state index in [1.165, 1.54) is 18.3 Å². The summed E-state index contributed by atoms with van der Waals surface area (Å²) >= 11 is 5.33. The normalized spacial score (nSPS) is 9.64. The van der Waals surface area contributed by atoms with Crippen molar-refractivity contribution in [1.29, 1.82) is 5.41 Å². The maximum Gasteiger partial charge on any atom is 0.150 e. The summed E-state index contributed by atoms with van der Waals surface area (Å²) in [6, 6.07) is 2.73. The van der Waals surface area contributed by atoms with E-state index in [0.717, 1.165) is 0 Å². The number of hydrogen-bond acceptors (Lipinski definition) is 2. The van der Waals surface area contributed by atoms with E-state index in [4.69, 9.17) is 17.0 Å². The zero-order valence-electron chi connectivity index (χ0n) is 5.64. The molecule has 0 aliphatic carbocycles. The van der Waals surface area contributed by atoms with Crippen molar-refractivity contribution in [3.63, 3.8) is 0 Å². The highest BCUT2D eigenvalue weighted by Gasteiger charge is 2.06. The Hall–Kier alpha value is -0.960. The van der Waals surface area contributed by atoms with Crippen molar-refractivity contribution >= 4 is 17.3 Å². The second kappa shape index (κ2) is 3.44. The van der Waals surface area contributed by atoms with Crippen LogP contribution in [-0.4, -0.2) is 16.6 Å². The van der Waals surface area contributed by atoms with E-state index in [1.54, 1.807) is 0 Å². The van der Waals surface area contributed by atoms with Crippen LogP contribution in [0.3, 0.4) is 0 Å². The first kappa shape index (κ1) is 8.14. The molecule has 0 aromatic carbocycles. The van der Waals surface area contributed by atoms with Crippen LogP contribution in [0.1, 0.15) is 5.69 Å². The second-order valence-corrected chi connectivity index (χ2v) is 2.21. The number of pyridine rings is 1.